The van der Waals surface area contributed by atoms with E-state index in [1.165, 1.54) is 18.8 Å². The second-order valence-electron chi connectivity index (χ2n) is 6.29. The summed E-state index contributed by atoms with van der Waals surface area (Å²) < 4.78 is 11.8. The summed E-state index contributed by atoms with van der Waals surface area (Å²) in [5.41, 5.74) is 0.646. The SMILES string of the molecule is COc1cc(OC)cc(C(=O)NC(C)c2nc3cc(Cl)ccc3c(=O)n2C)c1. The van der Waals surface area contributed by atoms with E-state index < -0.39 is 6.04 Å². The number of hydrogen-bond donors (Lipinski definition) is 1. The molecule has 0 saturated carbocycles. The number of nitrogens with zero attached hydrogens (tertiary/aromatic N) is 2. The maximum absolute atomic E-state index is 12.7. The Morgan fingerprint density at radius 3 is 2.39 bits per heavy atom. The number of hydrogen-bond acceptors (Lipinski definition) is 5. The Bertz CT molecular complexity index is 1090. The normalized spacial score (nSPS) is 11.9. The molecule has 0 aliphatic heterocycles. The van der Waals surface area contributed by atoms with Crippen molar-refractivity contribution in [3.05, 3.63) is 63.2 Å². The Morgan fingerprint density at radius 2 is 1.79 bits per heavy atom. The monoisotopic (exact) mass is 401 g/mol. The second-order valence-corrected chi connectivity index (χ2v) is 6.73. The van der Waals surface area contributed by atoms with Gasteiger partial charge in [0, 0.05) is 23.7 Å². The lowest BCUT2D eigenvalue weighted by molar-refractivity contribution is 0.0937. The fourth-order valence-corrected chi connectivity index (χ4v) is 3.10. The van der Waals surface area contributed by atoms with Crippen LogP contribution in [0.2, 0.25) is 5.02 Å². The van der Waals surface area contributed by atoms with Crippen LogP contribution in [0.5, 0.6) is 11.5 Å². The number of ether oxygens (including phenoxy) is 2. The van der Waals surface area contributed by atoms with E-state index in [0.29, 0.717) is 38.8 Å². The molecule has 1 amide bonds. The van der Waals surface area contributed by atoms with Gasteiger partial charge in [-0.3, -0.25) is 14.2 Å². The van der Waals surface area contributed by atoms with Crippen molar-refractivity contribution in [3.63, 3.8) is 0 Å². The lowest BCUT2D eigenvalue weighted by Crippen LogP contribution is -2.32. The van der Waals surface area contributed by atoms with E-state index in [0.717, 1.165) is 0 Å². The van der Waals surface area contributed by atoms with Crippen molar-refractivity contribution in [1.82, 2.24) is 14.9 Å². The van der Waals surface area contributed by atoms with Gasteiger partial charge in [-0.15, -0.1) is 0 Å². The van der Waals surface area contributed by atoms with Crippen LogP contribution < -0.4 is 20.3 Å². The first-order valence-corrected chi connectivity index (χ1v) is 8.92. The van der Waals surface area contributed by atoms with Crippen LogP contribution in [0.1, 0.15) is 29.1 Å². The Kier molecular flexibility index (Phi) is 5.56. The van der Waals surface area contributed by atoms with Crippen molar-refractivity contribution in [2.75, 3.05) is 14.2 Å². The van der Waals surface area contributed by atoms with Gasteiger partial charge < -0.3 is 14.8 Å². The molecule has 7 nitrogen and oxygen atoms in total. The molecule has 1 unspecified atom stereocenters. The van der Waals surface area contributed by atoms with Gasteiger partial charge in [-0.1, -0.05) is 11.6 Å². The molecular weight excluding hydrogens is 382 g/mol. The second kappa shape index (κ2) is 7.90. The summed E-state index contributed by atoms with van der Waals surface area (Å²) >= 11 is 6.02. The summed E-state index contributed by atoms with van der Waals surface area (Å²) in [5.74, 6) is 1.08. The third-order valence-corrected chi connectivity index (χ3v) is 4.66. The molecule has 0 aliphatic carbocycles. The highest BCUT2D eigenvalue weighted by molar-refractivity contribution is 6.31. The van der Waals surface area contributed by atoms with E-state index in [1.54, 1.807) is 50.4 Å². The van der Waals surface area contributed by atoms with Crippen LogP contribution >= 0.6 is 11.6 Å². The molecule has 28 heavy (non-hydrogen) atoms. The Morgan fingerprint density at radius 1 is 1.14 bits per heavy atom. The first kappa shape index (κ1) is 19.7. The van der Waals surface area contributed by atoms with Crippen LogP contribution in [0.3, 0.4) is 0 Å². The predicted octanol–water partition coefficient (Wildman–Crippen LogP) is 3.10. The van der Waals surface area contributed by atoms with Crippen molar-refractivity contribution in [3.8, 4) is 11.5 Å². The molecule has 1 atom stereocenters. The minimum atomic E-state index is -0.522. The average molecular weight is 402 g/mol. The number of benzene rings is 2. The van der Waals surface area contributed by atoms with Crippen molar-refractivity contribution in [2.24, 2.45) is 7.05 Å². The van der Waals surface area contributed by atoms with Crippen molar-refractivity contribution in [1.29, 1.82) is 0 Å². The lowest BCUT2D eigenvalue weighted by atomic mass is 10.1. The third kappa shape index (κ3) is 3.80. The number of nitrogens with one attached hydrogen (secondary N) is 1. The number of rotatable bonds is 5. The molecule has 0 radical (unpaired) electrons. The van der Waals surface area contributed by atoms with Crippen molar-refractivity contribution < 1.29 is 14.3 Å². The average Bonchev–Trinajstić information content (AvgIpc) is 2.69. The van der Waals surface area contributed by atoms with Gasteiger partial charge in [0.15, 0.2) is 0 Å². The number of aromatic nitrogens is 2. The van der Waals surface area contributed by atoms with Gasteiger partial charge in [0.05, 0.1) is 31.2 Å². The van der Waals surface area contributed by atoms with Crippen LogP contribution in [0.25, 0.3) is 10.9 Å². The molecule has 3 rings (SSSR count). The third-order valence-electron chi connectivity index (χ3n) is 4.42. The topological polar surface area (TPSA) is 82.5 Å². The Balaban J connectivity index is 1.95. The van der Waals surface area contributed by atoms with E-state index >= 15 is 0 Å². The van der Waals surface area contributed by atoms with Gasteiger partial charge in [-0.25, -0.2) is 4.98 Å². The minimum absolute atomic E-state index is 0.208. The standard InChI is InChI=1S/C20H20ClN3O4/c1-11(22-19(25)12-7-14(27-3)10-15(8-12)28-4)18-23-17-9-13(21)5-6-16(17)20(26)24(18)2/h5-11H,1-4H3,(H,22,25). The zero-order valence-corrected chi connectivity index (χ0v) is 16.7. The van der Waals surface area contributed by atoms with Gasteiger partial charge in [-0.2, -0.15) is 0 Å². The number of carbonyl (C=O) groups excluding carboxylic acids is 1. The van der Waals surface area contributed by atoms with Crippen LogP contribution in [-0.2, 0) is 7.05 Å². The van der Waals surface area contributed by atoms with Crippen molar-refractivity contribution in [2.45, 2.75) is 13.0 Å². The number of fused-ring (bicyclic) bond motifs is 1. The quantitative estimate of drug-likeness (QED) is 0.710. The Hall–Kier alpha value is -3.06. The maximum atomic E-state index is 12.7. The molecule has 1 N–H and O–H groups in total. The molecule has 0 saturated heterocycles. The number of amides is 1. The summed E-state index contributed by atoms with van der Waals surface area (Å²) in [6.07, 6.45) is 0. The smallest absolute Gasteiger partial charge is 0.261 e. The minimum Gasteiger partial charge on any atom is -0.497 e. The van der Waals surface area contributed by atoms with Gasteiger partial charge >= 0.3 is 0 Å². The van der Waals surface area contributed by atoms with Gasteiger partial charge in [0.2, 0.25) is 0 Å². The molecule has 1 aromatic heterocycles. The van der Waals surface area contributed by atoms with E-state index in [9.17, 15) is 9.59 Å². The summed E-state index contributed by atoms with van der Waals surface area (Å²) in [6.45, 7) is 1.76. The molecule has 1 heterocycles. The van der Waals surface area contributed by atoms with E-state index in [1.807, 2.05) is 0 Å². The van der Waals surface area contributed by atoms with Crippen LogP contribution in [0.4, 0.5) is 0 Å². The highest BCUT2D eigenvalue weighted by Crippen LogP contribution is 2.23. The van der Waals surface area contributed by atoms with Crippen LogP contribution in [0, 0.1) is 0 Å². The molecule has 3 aromatic rings. The van der Waals surface area contributed by atoms with Crippen LogP contribution in [-0.4, -0.2) is 29.7 Å². The first-order valence-electron chi connectivity index (χ1n) is 8.54. The summed E-state index contributed by atoms with van der Waals surface area (Å²) in [7, 11) is 4.65. The highest BCUT2D eigenvalue weighted by Gasteiger charge is 2.18. The predicted molar refractivity (Wildman–Crippen MR) is 107 cm³/mol. The van der Waals surface area contributed by atoms with E-state index in [2.05, 4.69) is 10.3 Å². The van der Waals surface area contributed by atoms with Crippen molar-refractivity contribution >= 4 is 28.4 Å². The molecule has 0 bridgehead atoms. The molecule has 0 aliphatic rings. The molecule has 0 spiro atoms. The fraction of sp³-hybridized carbons (Fsp3) is 0.250. The van der Waals surface area contributed by atoms with Gasteiger partial charge in [0.25, 0.3) is 11.5 Å². The summed E-state index contributed by atoms with van der Waals surface area (Å²) in [5, 5.41) is 3.81. The molecule has 2 aromatic carbocycles. The maximum Gasteiger partial charge on any atom is 0.261 e. The summed E-state index contributed by atoms with van der Waals surface area (Å²) in [4.78, 5) is 29.9. The van der Waals surface area contributed by atoms with E-state index in [-0.39, 0.29) is 11.5 Å². The van der Waals surface area contributed by atoms with E-state index in [4.69, 9.17) is 21.1 Å². The van der Waals surface area contributed by atoms with Crippen LogP contribution in [0.15, 0.2) is 41.2 Å². The largest absolute Gasteiger partial charge is 0.497 e. The van der Waals surface area contributed by atoms with Gasteiger partial charge in [-0.05, 0) is 37.3 Å². The number of carbonyl (C=O) groups is 1. The zero-order valence-electron chi connectivity index (χ0n) is 15.9. The zero-order chi connectivity index (χ0) is 20.4. The number of halogens is 1. The van der Waals surface area contributed by atoms with Gasteiger partial charge in [0.1, 0.15) is 17.3 Å². The molecule has 146 valence electrons. The first-order chi connectivity index (χ1) is 13.3. The molecule has 8 heteroatoms. The summed E-state index contributed by atoms with van der Waals surface area (Å²) in [6, 6.07) is 9.29. The fourth-order valence-electron chi connectivity index (χ4n) is 2.93. The lowest BCUT2D eigenvalue weighted by Gasteiger charge is -2.18. The molecule has 0 fully saturated rings. The number of methoxy groups -OCH3 is 2. The molecular formula is C20H20ClN3O4. The Labute approximate surface area is 166 Å². The highest BCUT2D eigenvalue weighted by atomic mass is 35.5.